The van der Waals surface area contributed by atoms with Crippen LogP contribution >= 0.6 is 11.6 Å². The van der Waals surface area contributed by atoms with Crippen LogP contribution < -0.4 is 15.9 Å². The Bertz CT molecular complexity index is 1340. The van der Waals surface area contributed by atoms with Crippen LogP contribution in [0.2, 0.25) is 0 Å². The van der Waals surface area contributed by atoms with Crippen molar-refractivity contribution in [2.45, 2.75) is 32.2 Å². The average molecular weight is 468 g/mol. The number of H-pyrrole nitrogens is 2. The average Bonchev–Trinajstić information content (AvgIpc) is 3.42. The lowest BCUT2D eigenvalue weighted by Crippen LogP contribution is -2.43. The van der Waals surface area contributed by atoms with Gasteiger partial charge in [0.1, 0.15) is 11.5 Å². The van der Waals surface area contributed by atoms with E-state index in [4.69, 9.17) is 11.6 Å². The van der Waals surface area contributed by atoms with Gasteiger partial charge in [0.2, 0.25) is 5.91 Å². The fraction of sp³-hybridized carbons (Fsp3) is 0.391. The second-order valence-electron chi connectivity index (χ2n) is 8.59. The van der Waals surface area contributed by atoms with Crippen molar-refractivity contribution >= 4 is 51.1 Å². The summed E-state index contributed by atoms with van der Waals surface area (Å²) in [5, 5.41) is 3.78. The molecule has 1 aliphatic heterocycles. The molecule has 3 N–H and O–H groups in total. The van der Waals surface area contributed by atoms with Crippen LogP contribution in [0.3, 0.4) is 0 Å². The van der Waals surface area contributed by atoms with Gasteiger partial charge >= 0.3 is 5.69 Å². The molecule has 5 rings (SSSR count). The fourth-order valence-corrected chi connectivity index (χ4v) is 4.76. The third-order valence-electron chi connectivity index (χ3n) is 6.40. The fourth-order valence-electron chi connectivity index (χ4n) is 4.63. The van der Waals surface area contributed by atoms with Crippen molar-refractivity contribution in [3.8, 4) is 0 Å². The van der Waals surface area contributed by atoms with Crippen molar-refractivity contribution in [1.82, 2.24) is 24.5 Å². The van der Waals surface area contributed by atoms with Gasteiger partial charge in [-0.25, -0.2) is 14.8 Å². The van der Waals surface area contributed by atoms with Crippen molar-refractivity contribution in [3.05, 3.63) is 47.3 Å². The van der Waals surface area contributed by atoms with Gasteiger partial charge in [0.25, 0.3) is 0 Å². The minimum absolute atomic E-state index is 0.0165. The number of hydrogen-bond donors (Lipinski definition) is 3. The molecule has 10 heteroatoms. The Morgan fingerprint density at radius 1 is 1.27 bits per heavy atom. The number of pyridine rings is 2. The summed E-state index contributed by atoms with van der Waals surface area (Å²) in [6.45, 7) is 3.71. The number of imidazole rings is 1. The van der Waals surface area contributed by atoms with Crippen LogP contribution in [0, 0.1) is 5.92 Å². The summed E-state index contributed by atoms with van der Waals surface area (Å²) in [4.78, 5) is 42.2. The maximum atomic E-state index is 13.0. The number of carbonyl (C=O) groups is 1. The Morgan fingerprint density at radius 3 is 2.94 bits per heavy atom. The molecule has 5 heterocycles. The Morgan fingerprint density at radius 2 is 2.15 bits per heavy atom. The van der Waals surface area contributed by atoms with E-state index in [1.54, 1.807) is 12.4 Å². The van der Waals surface area contributed by atoms with Gasteiger partial charge in [0, 0.05) is 37.0 Å². The van der Waals surface area contributed by atoms with Crippen molar-refractivity contribution in [2.75, 3.05) is 29.2 Å². The third-order valence-corrected chi connectivity index (χ3v) is 6.67. The van der Waals surface area contributed by atoms with Crippen LogP contribution in [0.5, 0.6) is 0 Å². The number of aromatic nitrogens is 5. The molecule has 2 atom stereocenters. The molecule has 33 heavy (non-hydrogen) atoms. The van der Waals surface area contributed by atoms with E-state index in [0.29, 0.717) is 36.9 Å². The zero-order valence-corrected chi connectivity index (χ0v) is 19.1. The van der Waals surface area contributed by atoms with Crippen molar-refractivity contribution in [2.24, 2.45) is 5.92 Å². The van der Waals surface area contributed by atoms with Crippen LogP contribution in [0.4, 0.5) is 11.5 Å². The molecule has 0 spiro atoms. The van der Waals surface area contributed by atoms with Gasteiger partial charge in [-0.15, -0.1) is 11.6 Å². The van der Waals surface area contributed by atoms with Gasteiger partial charge in [0.05, 0.1) is 35.2 Å². The van der Waals surface area contributed by atoms with Crippen LogP contribution in [-0.2, 0) is 4.79 Å². The van der Waals surface area contributed by atoms with E-state index in [9.17, 15) is 9.59 Å². The van der Waals surface area contributed by atoms with Gasteiger partial charge in [-0.3, -0.25) is 9.36 Å². The van der Waals surface area contributed by atoms with E-state index in [1.807, 2.05) is 29.0 Å². The molecule has 0 unspecified atom stereocenters. The highest BCUT2D eigenvalue weighted by Gasteiger charge is 2.31. The van der Waals surface area contributed by atoms with E-state index < -0.39 is 0 Å². The predicted molar refractivity (Wildman–Crippen MR) is 130 cm³/mol. The molecule has 0 saturated carbocycles. The number of carbonyl (C=O) groups excluding carboxylic acids is 1. The monoisotopic (exact) mass is 467 g/mol. The first-order valence-corrected chi connectivity index (χ1v) is 11.7. The minimum atomic E-state index is -0.123. The number of alkyl halides is 1. The number of fused-ring (bicyclic) bond motifs is 3. The Kier molecular flexibility index (Phi) is 5.80. The van der Waals surface area contributed by atoms with E-state index in [2.05, 4.69) is 37.1 Å². The lowest BCUT2D eigenvalue weighted by atomic mass is 9.93. The number of piperidine rings is 1. The summed E-state index contributed by atoms with van der Waals surface area (Å²) >= 11 is 5.65. The van der Waals surface area contributed by atoms with E-state index in [-0.39, 0.29) is 17.6 Å². The molecule has 4 aromatic heterocycles. The maximum Gasteiger partial charge on any atom is 0.326 e. The molecule has 9 nitrogen and oxygen atoms in total. The van der Waals surface area contributed by atoms with Crippen LogP contribution in [0.1, 0.15) is 32.2 Å². The first kappa shape index (κ1) is 21.5. The largest absolute Gasteiger partial charge is 0.355 e. The molecule has 0 aromatic carbocycles. The SMILES string of the molecule is C[C@@H]1CCN(c2ccc(NC(=O)CCCCl)cn2)C[C@@H]1n1c(=O)[nH]c2cnc3[nH]ccc3c21. The quantitative estimate of drug-likeness (QED) is 0.375. The van der Waals surface area contributed by atoms with E-state index in [0.717, 1.165) is 40.9 Å². The molecule has 1 saturated heterocycles. The van der Waals surface area contributed by atoms with E-state index in [1.165, 1.54) is 0 Å². The van der Waals surface area contributed by atoms with Gasteiger partial charge in [-0.2, -0.15) is 0 Å². The third kappa shape index (κ3) is 4.08. The van der Waals surface area contributed by atoms with Gasteiger partial charge in [0.15, 0.2) is 0 Å². The molecule has 0 radical (unpaired) electrons. The van der Waals surface area contributed by atoms with Crippen molar-refractivity contribution in [1.29, 1.82) is 0 Å². The second kappa shape index (κ2) is 8.90. The topological polar surface area (TPSA) is 112 Å². The smallest absolute Gasteiger partial charge is 0.326 e. The van der Waals surface area contributed by atoms with E-state index >= 15 is 0 Å². The summed E-state index contributed by atoms with van der Waals surface area (Å²) in [6, 6.07) is 5.72. The number of amides is 1. The first-order valence-electron chi connectivity index (χ1n) is 11.2. The van der Waals surface area contributed by atoms with Crippen molar-refractivity contribution in [3.63, 3.8) is 0 Å². The number of hydrogen-bond acceptors (Lipinski definition) is 5. The minimum Gasteiger partial charge on any atom is -0.355 e. The lowest BCUT2D eigenvalue weighted by Gasteiger charge is -2.38. The zero-order valence-electron chi connectivity index (χ0n) is 18.3. The molecule has 0 aliphatic carbocycles. The molecule has 1 fully saturated rings. The molecule has 1 aliphatic rings. The van der Waals surface area contributed by atoms with Gasteiger partial charge < -0.3 is 20.2 Å². The Balaban J connectivity index is 1.41. The number of nitrogens with one attached hydrogen (secondary N) is 3. The van der Waals surface area contributed by atoms with Crippen LogP contribution in [0.15, 0.2) is 41.6 Å². The number of anilines is 2. The number of rotatable bonds is 6. The highest BCUT2D eigenvalue weighted by Crippen LogP contribution is 2.33. The number of nitrogens with zero attached hydrogens (tertiary/aromatic N) is 4. The van der Waals surface area contributed by atoms with Crippen LogP contribution in [0.25, 0.3) is 22.1 Å². The lowest BCUT2D eigenvalue weighted by molar-refractivity contribution is -0.116. The highest BCUT2D eigenvalue weighted by atomic mass is 35.5. The van der Waals surface area contributed by atoms with Gasteiger partial charge in [-0.1, -0.05) is 6.92 Å². The summed E-state index contributed by atoms with van der Waals surface area (Å²) in [5.41, 5.74) is 2.93. The molecular formula is C23H26ClN7O2. The normalized spacial score (nSPS) is 18.8. The first-order chi connectivity index (χ1) is 16.0. The summed E-state index contributed by atoms with van der Waals surface area (Å²) in [6.07, 6.45) is 7.19. The Hall–Kier alpha value is -3.33. The standard InChI is InChI=1S/C23H26ClN7O2/c1-14-7-10-30(19-5-4-15(11-26-19)28-20(32)3-2-8-24)13-18(14)31-21-16-6-9-25-22(16)27-12-17(21)29-23(31)33/h4-6,9,11-12,14,18H,2-3,7-8,10,13H2,1H3,(H,25,27)(H,28,32)(H,29,33)/t14-,18+/m1/s1. The highest BCUT2D eigenvalue weighted by molar-refractivity contribution is 6.18. The molecule has 172 valence electrons. The van der Waals surface area contributed by atoms with Crippen molar-refractivity contribution < 1.29 is 4.79 Å². The maximum absolute atomic E-state index is 13.0. The summed E-state index contributed by atoms with van der Waals surface area (Å²) in [7, 11) is 0. The number of aromatic amines is 2. The molecule has 0 bridgehead atoms. The predicted octanol–water partition coefficient (Wildman–Crippen LogP) is 3.65. The van der Waals surface area contributed by atoms with Gasteiger partial charge in [-0.05, 0) is 37.0 Å². The summed E-state index contributed by atoms with van der Waals surface area (Å²) < 4.78 is 1.88. The van der Waals surface area contributed by atoms with Crippen LogP contribution in [-0.4, -0.2) is 49.4 Å². The second-order valence-corrected chi connectivity index (χ2v) is 8.96. The molecular weight excluding hydrogens is 442 g/mol. The molecule has 4 aromatic rings. The zero-order chi connectivity index (χ0) is 22.9. The Labute approximate surface area is 195 Å². The summed E-state index contributed by atoms with van der Waals surface area (Å²) in [5.74, 6) is 1.54. The molecule has 1 amide bonds. The number of halogens is 1.